The first-order valence-electron chi connectivity index (χ1n) is 4.59. The molecule has 1 N–H and O–H groups in total. The standard InChI is InChI=1S/C12H10N2O/c15-11-4-1-3-10(9-11)5-6-12-13-7-2-8-14-12/h1-9,15H. The molecule has 74 valence electrons. The molecule has 2 rings (SSSR count). The molecule has 0 radical (unpaired) electrons. The van der Waals surface area contributed by atoms with Crippen molar-refractivity contribution in [3.63, 3.8) is 0 Å². The highest BCUT2D eigenvalue weighted by Crippen LogP contribution is 2.12. The summed E-state index contributed by atoms with van der Waals surface area (Å²) in [5.74, 6) is 0.909. The van der Waals surface area contributed by atoms with E-state index in [0.717, 1.165) is 5.56 Å². The van der Waals surface area contributed by atoms with Crippen molar-refractivity contribution in [2.24, 2.45) is 0 Å². The molecule has 1 heterocycles. The van der Waals surface area contributed by atoms with Gasteiger partial charge in [-0.25, -0.2) is 9.97 Å². The lowest BCUT2D eigenvalue weighted by molar-refractivity contribution is 0.475. The summed E-state index contributed by atoms with van der Waals surface area (Å²) in [6.45, 7) is 0. The number of phenols is 1. The van der Waals surface area contributed by atoms with Gasteiger partial charge in [0.15, 0.2) is 5.82 Å². The number of hydrogen-bond acceptors (Lipinski definition) is 3. The van der Waals surface area contributed by atoms with Crippen LogP contribution in [0.15, 0.2) is 42.7 Å². The van der Waals surface area contributed by atoms with Crippen LogP contribution in [-0.4, -0.2) is 15.1 Å². The van der Waals surface area contributed by atoms with Crippen LogP contribution in [0, 0.1) is 0 Å². The summed E-state index contributed by atoms with van der Waals surface area (Å²) in [5.41, 5.74) is 0.919. The zero-order valence-corrected chi connectivity index (χ0v) is 8.04. The summed E-state index contributed by atoms with van der Waals surface area (Å²) in [7, 11) is 0. The average Bonchev–Trinajstić information content (AvgIpc) is 2.28. The first-order valence-corrected chi connectivity index (χ1v) is 4.59. The van der Waals surface area contributed by atoms with E-state index in [-0.39, 0.29) is 5.75 Å². The van der Waals surface area contributed by atoms with Gasteiger partial charge >= 0.3 is 0 Å². The largest absolute Gasteiger partial charge is 0.508 e. The number of rotatable bonds is 2. The first kappa shape index (κ1) is 9.40. The van der Waals surface area contributed by atoms with Gasteiger partial charge in [-0.3, -0.25) is 0 Å². The molecule has 2 aromatic rings. The fraction of sp³-hybridized carbons (Fsp3) is 0. The first-order chi connectivity index (χ1) is 7.34. The topological polar surface area (TPSA) is 46.0 Å². The van der Waals surface area contributed by atoms with Gasteiger partial charge in [-0.05, 0) is 29.8 Å². The molecule has 0 unspecified atom stereocenters. The lowest BCUT2D eigenvalue weighted by atomic mass is 10.2. The van der Waals surface area contributed by atoms with Crippen molar-refractivity contribution in [3.05, 3.63) is 54.1 Å². The summed E-state index contributed by atoms with van der Waals surface area (Å²) in [6.07, 6.45) is 7.04. The molecule has 0 spiro atoms. The fourth-order valence-electron chi connectivity index (χ4n) is 1.20. The molecule has 0 saturated heterocycles. The normalized spacial score (nSPS) is 10.7. The van der Waals surface area contributed by atoms with E-state index in [2.05, 4.69) is 9.97 Å². The Bertz CT molecular complexity index is 466. The van der Waals surface area contributed by atoms with Crippen LogP contribution in [0.5, 0.6) is 5.75 Å². The zero-order valence-electron chi connectivity index (χ0n) is 8.04. The molecule has 0 fully saturated rings. The predicted octanol–water partition coefficient (Wildman–Crippen LogP) is 2.35. The Labute approximate surface area is 87.8 Å². The number of aromatic nitrogens is 2. The van der Waals surface area contributed by atoms with E-state index in [9.17, 15) is 5.11 Å². The van der Waals surface area contributed by atoms with Gasteiger partial charge < -0.3 is 5.11 Å². The molecule has 0 amide bonds. The molecule has 0 atom stereocenters. The van der Waals surface area contributed by atoms with Crippen LogP contribution >= 0.6 is 0 Å². The number of phenolic OH excluding ortho intramolecular Hbond substituents is 1. The van der Waals surface area contributed by atoms with Gasteiger partial charge in [-0.2, -0.15) is 0 Å². The van der Waals surface area contributed by atoms with Crippen LogP contribution in [0.2, 0.25) is 0 Å². The second kappa shape index (κ2) is 4.37. The van der Waals surface area contributed by atoms with E-state index in [1.807, 2.05) is 12.1 Å². The highest BCUT2D eigenvalue weighted by molar-refractivity contribution is 5.67. The van der Waals surface area contributed by atoms with Gasteiger partial charge in [0.05, 0.1) is 0 Å². The minimum atomic E-state index is 0.256. The van der Waals surface area contributed by atoms with Gasteiger partial charge in [0.1, 0.15) is 5.75 Å². The SMILES string of the molecule is Oc1cccc(C=Cc2ncccn2)c1. The molecule has 3 heteroatoms. The summed E-state index contributed by atoms with van der Waals surface area (Å²) >= 11 is 0. The third kappa shape index (κ3) is 2.64. The number of hydrogen-bond donors (Lipinski definition) is 1. The van der Waals surface area contributed by atoms with Crippen molar-refractivity contribution in [2.75, 3.05) is 0 Å². The second-order valence-corrected chi connectivity index (χ2v) is 3.04. The summed E-state index contributed by atoms with van der Waals surface area (Å²) in [4.78, 5) is 8.11. The third-order valence-electron chi connectivity index (χ3n) is 1.88. The van der Waals surface area contributed by atoms with Crippen molar-refractivity contribution >= 4 is 12.2 Å². The van der Waals surface area contributed by atoms with Crippen LogP contribution in [0.1, 0.15) is 11.4 Å². The highest BCUT2D eigenvalue weighted by Gasteiger charge is 1.90. The van der Waals surface area contributed by atoms with Crippen LogP contribution < -0.4 is 0 Å². The van der Waals surface area contributed by atoms with Crippen molar-refractivity contribution < 1.29 is 5.11 Å². The maximum atomic E-state index is 9.25. The third-order valence-corrected chi connectivity index (χ3v) is 1.88. The molecule has 0 bridgehead atoms. The van der Waals surface area contributed by atoms with Gasteiger partial charge in [0.2, 0.25) is 0 Å². The maximum Gasteiger partial charge on any atom is 0.151 e. The van der Waals surface area contributed by atoms with Crippen LogP contribution in [0.4, 0.5) is 0 Å². The molecular weight excluding hydrogens is 188 g/mol. The average molecular weight is 198 g/mol. The lowest BCUT2D eigenvalue weighted by Crippen LogP contribution is -1.82. The molecule has 0 aliphatic carbocycles. The van der Waals surface area contributed by atoms with E-state index in [1.54, 1.807) is 42.7 Å². The molecule has 15 heavy (non-hydrogen) atoms. The molecule has 1 aromatic heterocycles. The van der Waals surface area contributed by atoms with Crippen molar-refractivity contribution in [1.82, 2.24) is 9.97 Å². The summed E-state index contributed by atoms with van der Waals surface area (Å²) in [5, 5.41) is 9.25. The van der Waals surface area contributed by atoms with E-state index in [1.165, 1.54) is 0 Å². The second-order valence-electron chi connectivity index (χ2n) is 3.04. The Morgan fingerprint density at radius 1 is 1.00 bits per heavy atom. The van der Waals surface area contributed by atoms with Crippen molar-refractivity contribution in [1.29, 1.82) is 0 Å². The maximum absolute atomic E-state index is 9.25. The molecule has 3 nitrogen and oxygen atoms in total. The number of benzene rings is 1. The van der Waals surface area contributed by atoms with Crippen molar-refractivity contribution in [2.45, 2.75) is 0 Å². The van der Waals surface area contributed by atoms with Gasteiger partial charge in [-0.1, -0.05) is 18.2 Å². The fourth-order valence-corrected chi connectivity index (χ4v) is 1.20. The van der Waals surface area contributed by atoms with Gasteiger partial charge in [0.25, 0.3) is 0 Å². The Hall–Kier alpha value is -2.16. The monoisotopic (exact) mass is 198 g/mol. The summed E-state index contributed by atoms with van der Waals surface area (Å²) < 4.78 is 0. The van der Waals surface area contributed by atoms with Gasteiger partial charge in [-0.15, -0.1) is 0 Å². The van der Waals surface area contributed by atoms with Crippen LogP contribution in [-0.2, 0) is 0 Å². The smallest absolute Gasteiger partial charge is 0.151 e. The van der Waals surface area contributed by atoms with Gasteiger partial charge in [0, 0.05) is 12.4 Å². The van der Waals surface area contributed by atoms with E-state index in [0.29, 0.717) is 5.82 Å². The van der Waals surface area contributed by atoms with E-state index < -0.39 is 0 Å². The van der Waals surface area contributed by atoms with E-state index in [4.69, 9.17) is 0 Å². The number of aromatic hydroxyl groups is 1. The quantitative estimate of drug-likeness (QED) is 0.805. The zero-order chi connectivity index (χ0) is 10.5. The highest BCUT2D eigenvalue weighted by atomic mass is 16.3. The van der Waals surface area contributed by atoms with Crippen molar-refractivity contribution in [3.8, 4) is 5.75 Å². The molecule has 0 aliphatic heterocycles. The minimum Gasteiger partial charge on any atom is -0.508 e. The van der Waals surface area contributed by atoms with Crippen LogP contribution in [0.3, 0.4) is 0 Å². The molecular formula is C12H10N2O. The molecule has 0 saturated carbocycles. The molecule has 0 aliphatic rings. The molecule has 1 aromatic carbocycles. The predicted molar refractivity (Wildman–Crippen MR) is 59.1 cm³/mol. The van der Waals surface area contributed by atoms with Crippen LogP contribution in [0.25, 0.3) is 12.2 Å². The minimum absolute atomic E-state index is 0.256. The Morgan fingerprint density at radius 2 is 1.80 bits per heavy atom. The Morgan fingerprint density at radius 3 is 2.53 bits per heavy atom. The Balaban J connectivity index is 2.19. The Kier molecular flexibility index (Phi) is 2.74. The number of nitrogens with zero attached hydrogens (tertiary/aromatic N) is 2. The van der Waals surface area contributed by atoms with E-state index >= 15 is 0 Å². The lowest BCUT2D eigenvalue weighted by Gasteiger charge is -1.94. The summed E-state index contributed by atoms with van der Waals surface area (Å²) in [6, 6.07) is 8.78.